The van der Waals surface area contributed by atoms with Crippen molar-refractivity contribution in [3.05, 3.63) is 65.5 Å². The van der Waals surface area contributed by atoms with Crippen LogP contribution in [0.4, 0.5) is 10.2 Å². The minimum atomic E-state index is -1.31. The van der Waals surface area contributed by atoms with Gasteiger partial charge in [-0.3, -0.25) is 10.2 Å². The van der Waals surface area contributed by atoms with E-state index in [9.17, 15) is 14.3 Å². The summed E-state index contributed by atoms with van der Waals surface area (Å²) in [7, 11) is 0. The van der Waals surface area contributed by atoms with Gasteiger partial charge in [0, 0.05) is 12.2 Å². The Bertz CT molecular complexity index is 1320. The highest BCUT2D eigenvalue weighted by molar-refractivity contribution is 5.85. The Hall–Kier alpha value is -3.45. The Labute approximate surface area is 226 Å². The maximum Gasteiger partial charge on any atom is 0.252 e. The molecule has 5 rings (SSSR count). The summed E-state index contributed by atoms with van der Waals surface area (Å²) >= 11 is 0. The zero-order valence-corrected chi connectivity index (χ0v) is 22.5. The summed E-state index contributed by atoms with van der Waals surface area (Å²) < 4.78 is 20.6. The highest BCUT2D eigenvalue weighted by atomic mass is 19.1. The number of aromatic nitrogens is 4. The number of nitrogens with zero attached hydrogens (tertiary/aromatic N) is 4. The van der Waals surface area contributed by atoms with E-state index in [2.05, 4.69) is 43.5 Å². The third-order valence-electron chi connectivity index (χ3n) is 7.39. The van der Waals surface area contributed by atoms with E-state index >= 15 is 0 Å². The van der Waals surface area contributed by atoms with Gasteiger partial charge in [0.25, 0.3) is 5.91 Å². The number of aryl methyl sites for hydroxylation is 1. The monoisotopic (exact) mass is 538 g/mol. The molecule has 5 N–H and O–H groups in total. The van der Waals surface area contributed by atoms with Crippen LogP contribution in [0.2, 0.25) is 0 Å². The number of hydrazine groups is 1. The Balaban J connectivity index is 1.21. The Morgan fingerprint density at radius 3 is 2.72 bits per heavy atom. The number of amides is 1. The number of ether oxygens (including phenoxy) is 1. The number of hydrogen-bond donors (Lipinski definition) is 5. The molecule has 0 saturated carbocycles. The van der Waals surface area contributed by atoms with Crippen molar-refractivity contribution in [2.75, 3.05) is 11.9 Å². The van der Waals surface area contributed by atoms with Gasteiger partial charge in [-0.05, 0) is 76.3 Å². The lowest BCUT2D eigenvalue weighted by molar-refractivity contribution is -0.181. The van der Waals surface area contributed by atoms with Gasteiger partial charge in [-0.15, -0.1) is 0 Å². The number of carbonyl (C=O) groups is 1. The maximum atomic E-state index is 13.2. The van der Waals surface area contributed by atoms with Crippen molar-refractivity contribution in [3.8, 4) is 5.82 Å². The Kier molecular flexibility index (Phi) is 7.38. The average Bonchev–Trinajstić information content (AvgIpc) is 3.53. The van der Waals surface area contributed by atoms with Crippen molar-refractivity contribution in [1.29, 1.82) is 0 Å². The van der Waals surface area contributed by atoms with Crippen LogP contribution in [-0.2, 0) is 15.1 Å². The minimum Gasteiger partial charge on any atom is -0.381 e. The van der Waals surface area contributed by atoms with Gasteiger partial charge in [-0.2, -0.15) is 5.10 Å². The molecular weight excluding hydrogens is 503 g/mol. The fourth-order valence-electron chi connectivity index (χ4n) is 4.86. The van der Waals surface area contributed by atoms with Gasteiger partial charge in [0.15, 0.2) is 11.6 Å². The fraction of sp³-hybridized carbons (Fsp3) is 0.481. The SMILES string of the molecule is Cc1cc(NC2CC(C)NN2)nc([C@@]2(O)CC[C@](C)(C(=O)N[C@@H](C)c3ccc(-n4cc(F)cn4)nc3)OC2)c1. The molecule has 2 aliphatic heterocycles. The highest BCUT2D eigenvalue weighted by Gasteiger charge is 2.46. The minimum absolute atomic E-state index is 0.0355. The molecule has 208 valence electrons. The smallest absolute Gasteiger partial charge is 0.252 e. The standard InChI is InChI=1S/C27H35FN8O3/c1-16-9-21(32-22(10-16)33-23-11-17(2)34-35-23)27(38)8-7-26(4,39-15-27)25(37)31-18(3)19-5-6-24(29-12-19)36-14-20(28)13-30-36/h5-6,9-10,12-14,17-18,23,34-35,38H,7-8,11,15H2,1-4H3,(H,31,37)(H,32,33)/t17?,18-,23?,26+,27+/m0/s1. The Morgan fingerprint density at radius 2 is 2.10 bits per heavy atom. The third kappa shape index (κ3) is 5.93. The zero-order valence-electron chi connectivity index (χ0n) is 22.5. The van der Waals surface area contributed by atoms with Crippen LogP contribution in [0.1, 0.15) is 62.9 Å². The van der Waals surface area contributed by atoms with Gasteiger partial charge >= 0.3 is 0 Å². The number of halogens is 1. The lowest BCUT2D eigenvalue weighted by Crippen LogP contribution is -2.54. The lowest BCUT2D eigenvalue weighted by atomic mass is 9.84. The largest absolute Gasteiger partial charge is 0.381 e. The van der Waals surface area contributed by atoms with Crippen molar-refractivity contribution >= 4 is 11.7 Å². The van der Waals surface area contributed by atoms with Gasteiger partial charge in [0.05, 0.1) is 36.9 Å². The molecule has 0 aliphatic carbocycles. The summed E-state index contributed by atoms with van der Waals surface area (Å²) in [4.78, 5) is 22.2. The molecule has 1 amide bonds. The molecule has 0 radical (unpaired) electrons. The van der Waals surface area contributed by atoms with Gasteiger partial charge in [0.1, 0.15) is 17.0 Å². The average molecular weight is 539 g/mol. The van der Waals surface area contributed by atoms with Crippen LogP contribution in [0.3, 0.4) is 0 Å². The molecule has 0 spiro atoms. The molecule has 2 saturated heterocycles. The molecule has 2 fully saturated rings. The van der Waals surface area contributed by atoms with Crippen molar-refractivity contribution < 1.29 is 19.0 Å². The summed E-state index contributed by atoms with van der Waals surface area (Å²) in [6.45, 7) is 7.58. The number of pyridine rings is 2. The van der Waals surface area contributed by atoms with Crippen LogP contribution in [0.5, 0.6) is 0 Å². The lowest BCUT2D eigenvalue weighted by Gasteiger charge is -2.41. The first-order valence-electron chi connectivity index (χ1n) is 13.1. The normalized spacial score (nSPS) is 27.7. The molecule has 12 heteroatoms. The molecular formula is C27H35FN8O3. The van der Waals surface area contributed by atoms with Gasteiger partial charge in [-0.25, -0.2) is 24.5 Å². The molecule has 3 aromatic heterocycles. The van der Waals surface area contributed by atoms with Crippen LogP contribution < -0.4 is 21.5 Å². The maximum absolute atomic E-state index is 13.2. The van der Waals surface area contributed by atoms with E-state index in [0.717, 1.165) is 23.7 Å². The van der Waals surface area contributed by atoms with Crippen LogP contribution in [0.15, 0.2) is 42.9 Å². The van der Waals surface area contributed by atoms with Crippen LogP contribution in [0, 0.1) is 12.7 Å². The molecule has 11 nitrogen and oxygen atoms in total. The van der Waals surface area contributed by atoms with Crippen LogP contribution in [-0.4, -0.2) is 55.2 Å². The molecule has 3 aromatic rings. The number of anilines is 1. The molecule has 2 unspecified atom stereocenters. The predicted octanol–water partition coefficient (Wildman–Crippen LogP) is 2.37. The number of aliphatic hydroxyl groups is 1. The van der Waals surface area contributed by atoms with Gasteiger partial charge in [0.2, 0.25) is 0 Å². The molecule has 5 atom stereocenters. The van der Waals surface area contributed by atoms with Gasteiger partial charge < -0.3 is 20.5 Å². The number of nitrogens with one attached hydrogen (secondary N) is 4. The predicted molar refractivity (Wildman–Crippen MR) is 142 cm³/mol. The van der Waals surface area contributed by atoms with E-state index in [1.165, 1.54) is 10.9 Å². The molecule has 5 heterocycles. The fourth-order valence-corrected chi connectivity index (χ4v) is 4.86. The topological polar surface area (TPSA) is 138 Å². The Morgan fingerprint density at radius 1 is 1.28 bits per heavy atom. The third-order valence-corrected chi connectivity index (χ3v) is 7.39. The molecule has 2 aliphatic rings. The number of hydrogen-bond acceptors (Lipinski definition) is 9. The summed E-state index contributed by atoms with van der Waals surface area (Å²) in [5.74, 6) is 0.419. The second-order valence-electron chi connectivity index (χ2n) is 10.8. The molecule has 0 aromatic carbocycles. The zero-order chi connectivity index (χ0) is 27.8. The van der Waals surface area contributed by atoms with Crippen molar-refractivity contribution in [2.24, 2.45) is 0 Å². The second kappa shape index (κ2) is 10.6. The van der Waals surface area contributed by atoms with E-state index in [0.29, 0.717) is 36.2 Å². The van der Waals surface area contributed by atoms with E-state index < -0.39 is 17.0 Å². The van der Waals surface area contributed by atoms with E-state index in [1.807, 2.05) is 32.0 Å². The first kappa shape index (κ1) is 27.1. The number of rotatable bonds is 7. The van der Waals surface area contributed by atoms with Crippen LogP contribution >= 0.6 is 0 Å². The quantitative estimate of drug-likeness (QED) is 0.307. The van der Waals surface area contributed by atoms with Crippen molar-refractivity contribution in [2.45, 2.75) is 76.4 Å². The summed E-state index contributed by atoms with van der Waals surface area (Å²) in [5, 5.41) is 21.7. The summed E-state index contributed by atoms with van der Waals surface area (Å²) in [6.07, 6.45) is 5.54. The summed E-state index contributed by atoms with van der Waals surface area (Å²) in [5.41, 5.74) is 6.21. The first-order valence-corrected chi connectivity index (χ1v) is 13.1. The first-order chi connectivity index (χ1) is 18.5. The van der Waals surface area contributed by atoms with Gasteiger partial charge in [-0.1, -0.05) is 6.07 Å². The summed E-state index contributed by atoms with van der Waals surface area (Å²) in [6, 6.07) is 7.32. The van der Waals surface area contributed by atoms with E-state index in [-0.39, 0.29) is 24.7 Å². The van der Waals surface area contributed by atoms with Crippen molar-refractivity contribution in [1.82, 2.24) is 35.9 Å². The number of carbonyl (C=O) groups excluding carboxylic acids is 1. The second-order valence-corrected chi connectivity index (χ2v) is 10.8. The highest BCUT2D eigenvalue weighted by Crippen LogP contribution is 2.37. The molecule has 0 bridgehead atoms. The van der Waals surface area contributed by atoms with E-state index in [1.54, 1.807) is 19.2 Å². The van der Waals surface area contributed by atoms with Crippen LogP contribution in [0.25, 0.3) is 5.82 Å². The van der Waals surface area contributed by atoms with Crippen molar-refractivity contribution in [3.63, 3.8) is 0 Å². The van der Waals surface area contributed by atoms with E-state index in [4.69, 9.17) is 4.74 Å². The molecule has 39 heavy (non-hydrogen) atoms.